The van der Waals surface area contributed by atoms with Crippen LogP contribution in [0.4, 0.5) is 8.78 Å². The predicted octanol–water partition coefficient (Wildman–Crippen LogP) is 1.26. The van der Waals surface area contributed by atoms with Gasteiger partial charge in [0.1, 0.15) is 11.6 Å². The minimum Gasteiger partial charge on any atom is -0.458 e. The summed E-state index contributed by atoms with van der Waals surface area (Å²) in [6.07, 6.45) is 0. The van der Waals surface area contributed by atoms with Crippen molar-refractivity contribution in [3.63, 3.8) is 0 Å². The molecule has 6 nitrogen and oxygen atoms in total. The topological polar surface area (TPSA) is 54.0 Å². The summed E-state index contributed by atoms with van der Waals surface area (Å²) in [5.74, 6) is -3.23. The highest BCUT2D eigenvalue weighted by molar-refractivity contribution is 5.78. The van der Waals surface area contributed by atoms with Crippen LogP contribution in [0.2, 0.25) is 0 Å². The lowest BCUT2D eigenvalue weighted by molar-refractivity contribution is -0.182. The summed E-state index contributed by atoms with van der Waals surface area (Å²) in [5, 5.41) is 6.30. The molecule has 0 radical (unpaired) electrons. The molecule has 2 atom stereocenters. The Bertz CT molecular complexity index is 480. The minimum atomic E-state index is -2.77. The quantitative estimate of drug-likeness (QED) is 0.755. The van der Waals surface area contributed by atoms with Crippen molar-refractivity contribution in [2.75, 3.05) is 33.3 Å². The van der Waals surface area contributed by atoms with Crippen molar-refractivity contribution < 1.29 is 23.0 Å². The Morgan fingerprint density at radius 2 is 1.92 bits per heavy atom. The van der Waals surface area contributed by atoms with E-state index in [-0.39, 0.29) is 19.2 Å². The first-order valence-corrected chi connectivity index (χ1v) is 8.30. The number of carbonyl (C=O) groups excluding carboxylic acids is 1. The second kappa shape index (κ2) is 6.48. The van der Waals surface area contributed by atoms with E-state index in [2.05, 4.69) is 5.32 Å². The number of halogens is 2. The Balaban J connectivity index is 1.90. The van der Waals surface area contributed by atoms with Crippen molar-refractivity contribution >= 4 is 5.97 Å². The molecule has 1 N–H and O–H groups in total. The SMILES string of the molecule is CN1CC2NCC(F)(F)C2N1CCOC(C)(C)C(=O)OC(C)(C)C. The number of likely N-dealkylation sites (N-methyl/N-ethyl adjacent to an activating group) is 1. The lowest BCUT2D eigenvalue weighted by atomic mass is 10.1. The van der Waals surface area contributed by atoms with Crippen LogP contribution in [0.3, 0.4) is 0 Å². The molecule has 0 bridgehead atoms. The van der Waals surface area contributed by atoms with Crippen molar-refractivity contribution in [1.82, 2.24) is 15.3 Å². The van der Waals surface area contributed by atoms with E-state index in [4.69, 9.17) is 9.47 Å². The fourth-order valence-corrected chi connectivity index (χ4v) is 3.13. The van der Waals surface area contributed by atoms with Gasteiger partial charge in [0.2, 0.25) is 0 Å². The molecule has 24 heavy (non-hydrogen) atoms. The van der Waals surface area contributed by atoms with Crippen LogP contribution in [0.5, 0.6) is 0 Å². The summed E-state index contributed by atoms with van der Waals surface area (Å²) < 4.78 is 39.1. The zero-order valence-electron chi connectivity index (χ0n) is 15.4. The molecule has 2 fully saturated rings. The Morgan fingerprint density at radius 1 is 1.29 bits per heavy atom. The first kappa shape index (κ1) is 19.5. The zero-order chi connectivity index (χ0) is 18.3. The van der Waals surface area contributed by atoms with Crippen LogP contribution < -0.4 is 5.32 Å². The maximum atomic E-state index is 14.1. The van der Waals surface area contributed by atoms with E-state index in [0.29, 0.717) is 13.1 Å². The number of hydrogen-bond acceptors (Lipinski definition) is 6. The molecule has 0 spiro atoms. The van der Waals surface area contributed by atoms with Gasteiger partial charge < -0.3 is 14.8 Å². The first-order valence-electron chi connectivity index (χ1n) is 8.30. The standard InChI is InChI=1S/C16H29F2N3O3/c1-14(2,3)24-13(22)15(4,5)23-8-7-21-12-11(9-20(21)6)19-10-16(12,17)18/h11-12,19H,7-10H2,1-6H3. The highest BCUT2D eigenvalue weighted by Crippen LogP contribution is 2.35. The van der Waals surface area contributed by atoms with E-state index in [1.165, 1.54) is 0 Å². The van der Waals surface area contributed by atoms with Crippen LogP contribution >= 0.6 is 0 Å². The molecule has 0 aliphatic carbocycles. The van der Waals surface area contributed by atoms with Gasteiger partial charge in [0, 0.05) is 26.2 Å². The van der Waals surface area contributed by atoms with Crippen LogP contribution in [0.25, 0.3) is 0 Å². The second-order valence-corrected chi connectivity index (χ2v) is 8.06. The fourth-order valence-electron chi connectivity index (χ4n) is 3.13. The largest absolute Gasteiger partial charge is 0.458 e. The average Bonchev–Trinajstić information content (AvgIpc) is 2.86. The van der Waals surface area contributed by atoms with Crippen LogP contribution in [-0.4, -0.2) is 78.5 Å². The van der Waals surface area contributed by atoms with Gasteiger partial charge in [-0.1, -0.05) is 0 Å². The van der Waals surface area contributed by atoms with E-state index in [1.54, 1.807) is 51.7 Å². The molecule has 8 heteroatoms. The smallest absolute Gasteiger partial charge is 0.338 e. The molecule has 0 aromatic rings. The summed E-state index contributed by atoms with van der Waals surface area (Å²) in [6.45, 7) is 9.32. The Kier molecular flexibility index (Phi) is 5.26. The number of alkyl halides is 2. The van der Waals surface area contributed by atoms with Crippen LogP contribution in [0.1, 0.15) is 34.6 Å². The van der Waals surface area contributed by atoms with Gasteiger partial charge in [0.05, 0.1) is 13.2 Å². The maximum Gasteiger partial charge on any atom is 0.338 e. The van der Waals surface area contributed by atoms with Crippen LogP contribution in [-0.2, 0) is 14.3 Å². The van der Waals surface area contributed by atoms with Crippen LogP contribution in [0, 0.1) is 0 Å². The van der Waals surface area contributed by atoms with E-state index >= 15 is 0 Å². The number of fused-ring (bicyclic) bond motifs is 1. The van der Waals surface area contributed by atoms with Crippen LogP contribution in [0.15, 0.2) is 0 Å². The third-order valence-electron chi connectivity index (χ3n) is 4.31. The summed E-state index contributed by atoms with van der Waals surface area (Å²) >= 11 is 0. The lowest BCUT2D eigenvalue weighted by Gasteiger charge is -2.33. The lowest BCUT2D eigenvalue weighted by Crippen LogP contribution is -2.50. The predicted molar refractivity (Wildman–Crippen MR) is 85.7 cm³/mol. The van der Waals surface area contributed by atoms with Crippen molar-refractivity contribution in [3.8, 4) is 0 Å². The zero-order valence-corrected chi connectivity index (χ0v) is 15.4. The molecule has 2 rings (SSSR count). The Hall–Kier alpha value is -0.830. The molecular weight excluding hydrogens is 320 g/mol. The van der Waals surface area contributed by atoms with Gasteiger partial charge in [0.25, 0.3) is 5.92 Å². The Labute approximate surface area is 142 Å². The number of carbonyl (C=O) groups is 1. The van der Waals surface area contributed by atoms with E-state index in [1.807, 2.05) is 0 Å². The second-order valence-electron chi connectivity index (χ2n) is 8.06. The molecule has 2 heterocycles. The third-order valence-corrected chi connectivity index (χ3v) is 4.31. The van der Waals surface area contributed by atoms with Crippen molar-refractivity contribution in [2.24, 2.45) is 0 Å². The molecule has 2 saturated heterocycles. The summed E-state index contributed by atoms with van der Waals surface area (Å²) in [5.41, 5.74) is -1.72. The molecule has 0 saturated carbocycles. The van der Waals surface area contributed by atoms with Gasteiger partial charge in [-0.2, -0.15) is 0 Å². The number of hydrogen-bond donors (Lipinski definition) is 1. The number of nitrogens with one attached hydrogen (secondary N) is 1. The molecule has 2 unspecified atom stereocenters. The van der Waals surface area contributed by atoms with Gasteiger partial charge in [-0.25, -0.2) is 23.6 Å². The van der Waals surface area contributed by atoms with Gasteiger partial charge in [-0.3, -0.25) is 0 Å². The number of rotatable bonds is 5. The molecule has 0 aromatic heterocycles. The third kappa shape index (κ3) is 4.22. The average molecular weight is 349 g/mol. The van der Waals surface area contributed by atoms with Crippen molar-refractivity contribution in [3.05, 3.63) is 0 Å². The van der Waals surface area contributed by atoms with Gasteiger partial charge >= 0.3 is 5.97 Å². The minimum absolute atomic E-state index is 0.163. The number of ether oxygens (including phenoxy) is 2. The highest BCUT2D eigenvalue weighted by atomic mass is 19.3. The molecular formula is C16H29F2N3O3. The molecule has 0 aromatic carbocycles. The molecule has 2 aliphatic heterocycles. The van der Waals surface area contributed by atoms with Gasteiger partial charge in [-0.05, 0) is 34.6 Å². The van der Waals surface area contributed by atoms with Gasteiger partial charge in [0.15, 0.2) is 5.60 Å². The van der Waals surface area contributed by atoms with Crippen molar-refractivity contribution in [2.45, 2.75) is 63.8 Å². The number of esters is 1. The van der Waals surface area contributed by atoms with E-state index in [9.17, 15) is 13.6 Å². The summed E-state index contributed by atoms with van der Waals surface area (Å²) in [7, 11) is 1.79. The van der Waals surface area contributed by atoms with Crippen molar-refractivity contribution in [1.29, 1.82) is 0 Å². The molecule has 140 valence electrons. The number of nitrogens with zero attached hydrogens (tertiary/aromatic N) is 2. The number of hydrazine groups is 1. The van der Waals surface area contributed by atoms with E-state index < -0.39 is 29.1 Å². The monoisotopic (exact) mass is 349 g/mol. The first-order chi connectivity index (χ1) is 10.8. The molecule has 0 amide bonds. The normalized spacial score (nSPS) is 28.2. The highest BCUT2D eigenvalue weighted by Gasteiger charge is 2.57. The summed E-state index contributed by atoms with van der Waals surface area (Å²) in [6, 6.07) is -1.11. The fraction of sp³-hybridized carbons (Fsp3) is 0.938. The van der Waals surface area contributed by atoms with E-state index in [0.717, 1.165) is 0 Å². The van der Waals surface area contributed by atoms with Gasteiger partial charge in [-0.15, -0.1) is 0 Å². The maximum absolute atomic E-state index is 14.1. The summed E-state index contributed by atoms with van der Waals surface area (Å²) in [4.78, 5) is 12.2. The molecule has 2 aliphatic rings. The Morgan fingerprint density at radius 3 is 2.50 bits per heavy atom.